The number of nitrogens with zero attached hydrogens (tertiary/aromatic N) is 7. The van der Waals surface area contributed by atoms with Crippen molar-refractivity contribution in [2.24, 2.45) is 11.1 Å². The van der Waals surface area contributed by atoms with Crippen molar-refractivity contribution in [3.63, 3.8) is 0 Å². The predicted molar refractivity (Wildman–Crippen MR) is 129 cm³/mol. The number of aryl methyl sites for hydroxylation is 1. The van der Waals surface area contributed by atoms with E-state index in [1.807, 2.05) is 4.68 Å². The highest BCUT2D eigenvalue weighted by Crippen LogP contribution is 2.40. The molecule has 0 radical (unpaired) electrons. The number of amides is 1. The van der Waals surface area contributed by atoms with Crippen LogP contribution in [0.5, 0.6) is 5.75 Å². The van der Waals surface area contributed by atoms with Gasteiger partial charge in [-0.2, -0.15) is 10.2 Å². The highest BCUT2D eigenvalue weighted by atomic mass is 19.1. The van der Waals surface area contributed by atoms with Gasteiger partial charge in [0.05, 0.1) is 24.1 Å². The minimum Gasteiger partial charge on any atom is -0.491 e. The lowest BCUT2D eigenvalue weighted by Gasteiger charge is -2.12. The van der Waals surface area contributed by atoms with Crippen molar-refractivity contribution in [2.75, 3.05) is 12.4 Å². The molecule has 1 aliphatic rings. The first-order chi connectivity index (χ1) is 17.4. The second-order valence-electron chi connectivity index (χ2n) is 8.60. The summed E-state index contributed by atoms with van der Waals surface area (Å²) in [7, 11) is 1.55. The first kappa shape index (κ1) is 23.3. The molecule has 0 spiro atoms. The standard InChI is InChI=1S/C24H23FN8O3/c1-13-20(24(34)31-35)14(2)33(29-13)19-10-18(26-12-27-19)28-23-22(36-3)21(16-6-8-17(25)9-7-16)30-32(23)11-15-4-5-15/h6-10,12,15H,4-5,11H2,1-3H3,(H,26,27,28). The van der Waals surface area contributed by atoms with Crippen molar-refractivity contribution in [3.05, 3.63) is 64.3 Å². The number of carbonyl (C=O) groups is 1. The number of methoxy groups -OCH3 is 1. The summed E-state index contributed by atoms with van der Waals surface area (Å²) in [6.07, 6.45) is 3.61. The van der Waals surface area contributed by atoms with Crippen LogP contribution in [0.2, 0.25) is 0 Å². The lowest BCUT2D eigenvalue weighted by atomic mass is 10.1. The van der Waals surface area contributed by atoms with Gasteiger partial charge in [-0.15, -0.1) is 4.91 Å². The van der Waals surface area contributed by atoms with Crippen molar-refractivity contribution >= 4 is 17.5 Å². The zero-order chi connectivity index (χ0) is 25.4. The highest BCUT2D eigenvalue weighted by molar-refractivity contribution is 5.97. The first-order valence-electron chi connectivity index (χ1n) is 11.3. The molecule has 1 aliphatic carbocycles. The normalized spacial score (nSPS) is 13.0. The van der Waals surface area contributed by atoms with Gasteiger partial charge < -0.3 is 10.1 Å². The molecule has 1 saturated carbocycles. The number of halogens is 1. The molecular formula is C24H23FN8O3. The summed E-state index contributed by atoms with van der Waals surface area (Å²) in [4.78, 5) is 31.3. The fraction of sp³-hybridized carbons (Fsp3) is 0.292. The molecular weight excluding hydrogens is 467 g/mol. The number of anilines is 2. The maximum atomic E-state index is 13.5. The van der Waals surface area contributed by atoms with Gasteiger partial charge in [-0.3, -0.25) is 4.79 Å². The zero-order valence-corrected chi connectivity index (χ0v) is 19.9. The number of ether oxygens (including phenoxy) is 1. The fourth-order valence-electron chi connectivity index (χ4n) is 4.11. The number of hydrogen-bond acceptors (Lipinski definition) is 8. The number of carbonyl (C=O) groups excluding carboxylic acids is 1. The lowest BCUT2D eigenvalue weighted by molar-refractivity contribution is 0.0999. The molecule has 184 valence electrons. The molecule has 4 aromatic rings. The summed E-state index contributed by atoms with van der Waals surface area (Å²) in [6, 6.07) is 7.74. The van der Waals surface area contributed by atoms with Crippen LogP contribution < -0.4 is 10.1 Å². The third-order valence-electron chi connectivity index (χ3n) is 6.06. The Labute approximate surface area is 205 Å². The Morgan fingerprint density at radius 2 is 1.94 bits per heavy atom. The van der Waals surface area contributed by atoms with E-state index in [4.69, 9.17) is 9.84 Å². The van der Waals surface area contributed by atoms with E-state index in [2.05, 4.69) is 25.6 Å². The largest absolute Gasteiger partial charge is 0.491 e. The summed E-state index contributed by atoms with van der Waals surface area (Å²) in [5.74, 6) is 1.24. The fourth-order valence-corrected chi connectivity index (χ4v) is 4.11. The van der Waals surface area contributed by atoms with E-state index < -0.39 is 5.91 Å². The van der Waals surface area contributed by atoms with Gasteiger partial charge in [-0.25, -0.2) is 23.7 Å². The lowest BCUT2D eigenvalue weighted by Crippen LogP contribution is -2.09. The summed E-state index contributed by atoms with van der Waals surface area (Å²) in [5.41, 5.74) is 2.26. The average Bonchev–Trinajstić information content (AvgIpc) is 3.56. The van der Waals surface area contributed by atoms with E-state index >= 15 is 0 Å². The number of nitrogens with one attached hydrogen (secondary N) is 1. The van der Waals surface area contributed by atoms with E-state index in [0.717, 1.165) is 18.4 Å². The second kappa shape index (κ2) is 9.29. The SMILES string of the molecule is COc1c(-c2ccc(F)cc2)nn(CC2CC2)c1Nc1cc(-n2nc(C)c(C(=O)N=O)c2C)ncn1. The highest BCUT2D eigenvalue weighted by Gasteiger charge is 2.28. The predicted octanol–water partition coefficient (Wildman–Crippen LogP) is 4.35. The minimum atomic E-state index is -0.884. The summed E-state index contributed by atoms with van der Waals surface area (Å²) < 4.78 is 22.5. The number of aromatic nitrogens is 6. The van der Waals surface area contributed by atoms with Gasteiger partial charge in [0.2, 0.25) is 0 Å². The van der Waals surface area contributed by atoms with Gasteiger partial charge >= 0.3 is 5.91 Å². The number of hydrogen-bond donors (Lipinski definition) is 1. The molecule has 0 bridgehead atoms. The van der Waals surface area contributed by atoms with Crippen molar-refractivity contribution < 1.29 is 13.9 Å². The van der Waals surface area contributed by atoms with Crippen LogP contribution in [0.3, 0.4) is 0 Å². The van der Waals surface area contributed by atoms with Crippen LogP contribution >= 0.6 is 0 Å². The Bertz CT molecular complexity index is 1460. The molecule has 1 aromatic carbocycles. The van der Waals surface area contributed by atoms with E-state index in [9.17, 15) is 14.1 Å². The number of benzene rings is 1. The Morgan fingerprint density at radius 3 is 2.61 bits per heavy atom. The molecule has 3 heterocycles. The van der Waals surface area contributed by atoms with Crippen LogP contribution in [-0.4, -0.2) is 42.5 Å². The first-order valence-corrected chi connectivity index (χ1v) is 11.3. The Hall–Kier alpha value is -4.48. The third kappa shape index (κ3) is 4.32. The van der Waals surface area contributed by atoms with Crippen LogP contribution in [0, 0.1) is 30.5 Å². The van der Waals surface area contributed by atoms with Crippen molar-refractivity contribution in [1.82, 2.24) is 29.5 Å². The molecule has 12 heteroatoms. The van der Waals surface area contributed by atoms with Gasteiger partial charge in [-0.05, 0) is 56.9 Å². The van der Waals surface area contributed by atoms with Crippen LogP contribution in [0.25, 0.3) is 17.1 Å². The topological polar surface area (TPSA) is 129 Å². The minimum absolute atomic E-state index is 0.145. The average molecular weight is 490 g/mol. The number of nitroso groups, excluding NO2 is 1. The van der Waals surface area contributed by atoms with Crippen molar-refractivity contribution in [2.45, 2.75) is 33.2 Å². The number of rotatable bonds is 8. The summed E-state index contributed by atoms with van der Waals surface area (Å²) in [5, 5.41) is 14.9. The van der Waals surface area contributed by atoms with Gasteiger partial charge in [0.15, 0.2) is 17.4 Å². The summed E-state index contributed by atoms with van der Waals surface area (Å²) in [6.45, 7) is 3.98. The van der Waals surface area contributed by atoms with E-state index in [1.165, 1.54) is 23.1 Å². The maximum Gasteiger partial charge on any atom is 0.320 e. The molecule has 0 aliphatic heterocycles. The second-order valence-corrected chi connectivity index (χ2v) is 8.60. The molecule has 0 atom stereocenters. The third-order valence-corrected chi connectivity index (χ3v) is 6.06. The van der Waals surface area contributed by atoms with E-state index in [1.54, 1.807) is 39.2 Å². The van der Waals surface area contributed by atoms with Crippen LogP contribution in [0.15, 0.2) is 41.8 Å². The molecule has 1 amide bonds. The monoisotopic (exact) mass is 490 g/mol. The van der Waals surface area contributed by atoms with E-state index in [-0.39, 0.29) is 11.4 Å². The Morgan fingerprint density at radius 1 is 1.19 bits per heavy atom. The van der Waals surface area contributed by atoms with Gasteiger partial charge in [0.1, 0.15) is 23.7 Å². The van der Waals surface area contributed by atoms with Crippen molar-refractivity contribution in [1.29, 1.82) is 0 Å². The van der Waals surface area contributed by atoms with Crippen molar-refractivity contribution in [3.8, 4) is 22.8 Å². The quantitative estimate of drug-likeness (QED) is 0.361. The molecule has 3 aromatic heterocycles. The van der Waals surface area contributed by atoms with Crippen LogP contribution in [0.4, 0.5) is 16.0 Å². The molecule has 5 rings (SSSR count). The van der Waals surface area contributed by atoms with E-state index in [0.29, 0.717) is 52.7 Å². The van der Waals surface area contributed by atoms with Crippen LogP contribution in [0.1, 0.15) is 34.6 Å². The molecule has 0 saturated heterocycles. The molecule has 0 unspecified atom stereocenters. The maximum absolute atomic E-state index is 13.5. The Kier molecular flexibility index (Phi) is 6.00. The molecule has 1 fully saturated rings. The van der Waals surface area contributed by atoms with Crippen LogP contribution in [-0.2, 0) is 6.54 Å². The van der Waals surface area contributed by atoms with Gasteiger partial charge in [0.25, 0.3) is 0 Å². The molecule has 11 nitrogen and oxygen atoms in total. The Balaban J connectivity index is 1.54. The molecule has 36 heavy (non-hydrogen) atoms. The smallest absolute Gasteiger partial charge is 0.320 e. The molecule has 1 N–H and O–H groups in total. The zero-order valence-electron chi connectivity index (χ0n) is 19.9. The summed E-state index contributed by atoms with van der Waals surface area (Å²) >= 11 is 0. The van der Waals surface area contributed by atoms with Gasteiger partial charge in [-0.1, -0.05) is 0 Å². The van der Waals surface area contributed by atoms with Gasteiger partial charge in [0, 0.05) is 23.4 Å².